The molecule has 4 rings (SSSR count). The Morgan fingerprint density at radius 2 is 1.84 bits per heavy atom. The molecule has 0 bridgehead atoms. The Labute approximate surface area is 178 Å². The van der Waals surface area contributed by atoms with Gasteiger partial charge < -0.3 is 9.84 Å². The Balaban J connectivity index is 1.72. The molecule has 0 atom stereocenters. The fraction of sp³-hybridized carbons (Fsp3) is 0.304. The molecule has 0 fully saturated rings. The van der Waals surface area contributed by atoms with E-state index >= 15 is 0 Å². The third-order valence-electron chi connectivity index (χ3n) is 4.89. The molecule has 31 heavy (non-hydrogen) atoms. The molecule has 0 aliphatic rings. The van der Waals surface area contributed by atoms with Crippen molar-refractivity contribution < 1.29 is 18.6 Å². The summed E-state index contributed by atoms with van der Waals surface area (Å²) in [5, 5.41) is 14.4. The normalized spacial score (nSPS) is 12.0. The quantitative estimate of drug-likeness (QED) is 0.495. The van der Waals surface area contributed by atoms with Gasteiger partial charge in [-0.05, 0) is 51.5 Å². The summed E-state index contributed by atoms with van der Waals surface area (Å²) in [6.07, 6.45) is 5.50. The van der Waals surface area contributed by atoms with Gasteiger partial charge in [0.25, 0.3) is 0 Å². The van der Waals surface area contributed by atoms with Crippen molar-refractivity contribution in [2.45, 2.75) is 46.4 Å². The van der Waals surface area contributed by atoms with E-state index < -0.39 is 17.2 Å². The number of aliphatic hydroxyl groups is 1. The van der Waals surface area contributed by atoms with Gasteiger partial charge in [-0.3, -0.25) is 9.08 Å². The van der Waals surface area contributed by atoms with Crippen LogP contribution in [0.2, 0.25) is 0 Å². The lowest BCUT2D eigenvalue weighted by atomic mass is 10.1. The maximum absolute atomic E-state index is 14.0. The van der Waals surface area contributed by atoms with Crippen LogP contribution in [0.1, 0.15) is 30.7 Å². The monoisotopic (exact) mass is 426 g/mol. The smallest absolute Gasteiger partial charge is 0.180 e. The second-order valence-corrected chi connectivity index (χ2v) is 8.35. The van der Waals surface area contributed by atoms with Crippen molar-refractivity contribution in [2.75, 3.05) is 0 Å². The molecule has 0 saturated carbocycles. The molecule has 0 amide bonds. The van der Waals surface area contributed by atoms with Crippen molar-refractivity contribution in [3.63, 3.8) is 0 Å². The van der Waals surface area contributed by atoms with Gasteiger partial charge in [0.05, 0.1) is 35.3 Å². The molecule has 0 saturated heterocycles. The number of aryl methyl sites for hydroxylation is 2. The first-order valence-electron chi connectivity index (χ1n) is 9.92. The molecule has 162 valence electrons. The highest BCUT2D eigenvalue weighted by Gasteiger charge is 2.19. The average molecular weight is 426 g/mol. The lowest BCUT2D eigenvalue weighted by molar-refractivity contribution is 0.0577. The first kappa shape index (κ1) is 21.0. The van der Waals surface area contributed by atoms with E-state index in [9.17, 15) is 13.9 Å². The second kappa shape index (κ2) is 7.77. The first-order valence-corrected chi connectivity index (χ1v) is 9.92. The van der Waals surface area contributed by atoms with Crippen LogP contribution in [-0.4, -0.2) is 29.9 Å². The second-order valence-electron chi connectivity index (χ2n) is 8.35. The molecular formula is C23H24F2N4O2. The van der Waals surface area contributed by atoms with Gasteiger partial charge in [0.15, 0.2) is 11.4 Å². The third kappa shape index (κ3) is 4.29. The van der Waals surface area contributed by atoms with Crippen molar-refractivity contribution in [1.29, 1.82) is 0 Å². The van der Waals surface area contributed by atoms with E-state index in [2.05, 4.69) is 10.1 Å². The van der Waals surface area contributed by atoms with Crippen LogP contribution in [0.15, 0.2) is 42.9 Å². The maximum atomic E-state index is 14.0. The van der Waals surface area contributed by atoms with Gasteiger partial charge in [-0.25, -0.2) is 13.8 Å². The molecular weight excluding hydrogens is 402 g/mol. The number of hydrogen-bond acceptors (Lipinski definition) is 4. The third-order valence-corrected chi connectivity index (χ3v) is 4.89. The summed E-state index contributed by atoms with van der Waals surface area (Å²) < 4.78 is 37.4. The Morgan fingerprint density at radius 3 is 2.52 bits per heavy atom. The zero-order valence-electron chi connectivity index (χ0n) is 17.9. The van der Waals surface area contributed by atoms with Crippen LogP contribution in [0.25, 0.3) is 16.9 Å². The molecule has 1 aromatic carbocycles. The minimum absolute atomic E-state index is 0.126. The molecule has 0 aliphatic heterocycles. The molecule has 8 heteroatoms. The minimum atomic E-state index is -0.891. The molecule has 0 spiro atoms. The van der Waals surface area contributed by atoms with Gasteiger partial charge in [0.2, 0.25) is 0 Å². The Hall–Kier alpha value is -3.26. The van der Waals surface area contributed by atoms with Gasteiger partial charge in [-0.1, -0.05) is 6.07 Å². The van der Waals surface area contributed by atoms with Crippen LogP contribution in [0.4, 0.5) is 8.78 Å². The Kier molecular flexibility index (Phi) is 5.26. The predicted octanol–water partition coefficient (Wildman–Crippen LogP) is 4.44. The number of aromatic nitrogens is 4. The topological polar surface area (TPSA) is 64.6 Å². The van der Waals surface area contributed by atoms with Crippen molar-refractivity contribution in [2.24, 2.45) is 0 Å². The zero-order chi connectivity index (χ0) is 22.3. The van der Waals surface area contributed by atoms with Crippen molar-refractivity contribution in [3.8, 4) is 17.0 Å². The largest absolute Gasteiger partial charge is 0.485 e. The number of nitrogens with zero attached hydrogens (tertiary/aromatic N) is 4. The van der Waals surface area contributed by atoms with Crippen LogP contribution < -0.4 is 4.74 Å². The summed E-state index contributed by atoms with van der Waals surface area (Å²) in [6, 6.07) is 5.52. The van der Waals surface area contributed by atoms with E-state index in [1.54, 1.807) is 30.8 Å². The van der Waals surface area contributed by atoms with Crippen molar-refractivity contribution in [3.05, 3.63) is 71.3 Å². The number of ether oxygens (including phenoxy) is 1. The molecule has 0 aliphatic carbocycles. The van der Waals surface area contributed by atoms with E-state index in [1.165, 1.54) is 18.2 Å². The van der Waals surface area contributed by atoms with Crippen LogP contribution in [-0.2, 0) is 13.2 Å². The highest BCUT2D eigenvalue weighted by Crippen LogP contribution is 2.31. The standard InChI is InChI=1S/C23H24F2N4O2/c1-14-8-20(31-12-17-18(24)6-5-7-19(17)25)22-27-15(2)21(29(22)10-14)16-9-26-28(11-16)13-23(3,4)30/h5-11,30H,12-13H2,1-4H3. The molecule has 1 N–H and O–H groups in total. The van der Waals surface area contributed by atoms with Gasteiger partial charge >= 0.3 is 0 Å². The van der Waals surface area contributed by atoms with Crippen molar-refractivity contribution >= 4 is 5.65 Å². The van der Waals surface area contributed by atoms with Gasteiger partial charge in [0, 0.05) is 18.0 Å². The Bertz CT molecular complexity index is 1230. The van der Waals surface area contributed by atoms with Crippen molar-refractivity contribution in [1.82, 2.24) is 19.2 Å². The molecule has 0 unspecified atom stereocenters. The molecule has 4 aromatic rings. The van der Waals surface area contributed by atoms with E-state index in [1.807, 2.05) is 30.6 Å². The SMILES string of the molecule is Cc1cc(OCc2c(F)cccc2F)c2nc(C)c(-c3cnn(CC(C)(C)O)c3)n2c1. The fourth-order valence-corrected chi connectivity index (χ4v) is 3.60. The number of imidazole rings is 1. The number of pyridine rings is 1. The number of rotatable bonds is 6. The summed E-state index contributed by atoms with van der Waals surface area (Å²) >= 11 is 0. The maximum Gasteiger partial charge on any atom is 0.180 e. The number of halogens is 2. The van der Waals surface area contributed by atoms with Gasteiger partial charge in [0.1, 0.15) is 18.2 Å². The Morgan fingerprint density at radius 1 is 1.13 bits per heavy atom. The number of benzene rings is 1. The van der Waals surface area contributed by atoms with E-state index in [0.717, 1.165) is 22.5 Å². The lowest BCUT2D eigenvalue weighted by Crippen LogP contribution is -2.26. The first-order chi connectivity index (χ1) is 14.6. The predicted molar refractivity (Wildman–Crippen MR) is 113 cm³/mol. The van der Waals surface area contributed by atoms with E-state index in [0.29, 0.717) is 17.9 Å². The summed E-state index contributed by atoms with van der Waals surface area (Å²) in [4.78, 5) is 4.64. The van der Waals surface area contributed by atoms with Gasteiger partial charge in [-0.2, -0.15) is 5.10 Å². The number of hydrogen-bond donors (Lipinski definition) is 1. The summed E-state index contributed by atoms with van der Waals surface area (Å²) in [6.45, 7) is 7.34. The van der Waals surface area contributed by atoms with E-state index in [4.69, 9.17) is 4.74 Å². The number of fused-ring (bicyclic) bond motifs is 1. The minimum Gasteiger partial charge on any atom is -0.485 e. The van der Waals surface area contributed by atoms with Crippen LogP contribution >= 0.6 is 0 Å². The van der Waals surface area contributed by atoms with Crippen LogP contribution in [0.3, 0.4) is 0 Å². The molecule has 6 nitrogen and oxygen atoms in total. The molecule has 3 aromatic heterocycles. The van der Waals surface area contributed by atoms with Crippen LogP contribution in [0.5, 0.6) is 5.75 Å². The molecule has 3 heterocycles. The van der Waals surface area contributed by atoms with E-state index in [-0.39, 0.29) is 12.2 Å². The zero-order valence-corrected chi connectivity index (χ0v) is 17.9. The average Bonchev–Trinajstić information content (AvgIpc) is 3.22. The fourth-order valence-electron chi connectivity index (χ4n) is 3.60. The lowest BCUT2D eigenvalue weighted by Gasteiger charge is -2.16. The summed E-state index contributed by atoms with van der Waals surface area (Å²) in [7, 11) is 0. The highest BCUT2D eigenvalue weighted by molar-refractivity contribution is 5.69. The summed E-state index contributed by atoms with van der Waals surface area (Å²) in [5.74, 6) is -0.868. The van der Waals surface area contributed by atoms with Gasteiger partial charge in [-0.15, -0.1) is 0 Å². The van der Waals surface area contributed by atoms with Crippen LogP contribution in [0, 0.1) is 25.5 Å². The molecule has 0 radical (unpaired) electrons. The summed E-state index contributed by atoms with van der Waals surface area (Å²) in [5.41, 5.74) is 2.86. The highest BCUT2D eigenvalue weighted by atomic mass is 19.1.